The lowest BCUT2D eigenvalue weighted by atomic mass is 10.1. The minimum atomic E-state index is 0. The molecule has 2 saturated heterocycles. The average Bonchev–Trinajstić information content (AvgIpc) is 2.82. The second-order valence-electron chi connectivity index (χ2n) is 4.45. The highest BCUT2D eigenvalue weighted by molar-refractivity contribution is 5.85. The summed E-state index contributed by atoms with van der Waals surface area (Å²) < 4.78 is 0. The highest BCUT2D eigenvalue weighted by Crippen LogP contribution is 2.13. The first-order chi connectivity index (χ1) is 7.31. The molecule has 0 radical (unpaired) electrons. The molecule has 2 heterocycles. The van der Waals surface area contributed by atoms with E-state index in [1.807, 2.05) is 4.90 Å². The van der Waals surface area contributed by atoms with Crippen molar-refractivity contribution in [2.45, 2.75) is 13.3 Å². The Labute approximate surface area is 116 Å². The molecule has 0 spiro atoms. The van der Waals surface area contributed by atoms with E-state index >= 15 is 0 Å². The van der Waals surface area contributed by atoms with Crippen LogP contribution in [0.5, 0.6) is 0 Å². The third kappa shape index (κ3) is 4.28. The summed E-state index contributed by atoms with van der Waals surface area (Å²) in [6.07, 6.45) is 1.02. The van der Waals surface area contributed by atoms with Crippen molar-refractivity contribution in [2.24, 2.45) is 5.92 Å². The number of piperazine rings is 1. The van der Waals surface area contributed by atoms with Crippen LogP contribution in [0.15, 0.2) is 0 Å². The Hall–Kier alpha value is -0.0300. The summed E-state index contributed by atoms with van der Waals surface area (Å²) in [5, 5.41) is 3.25. The van der Waals surface area contributed by atoms with Gasteiger partial charge in [0.25, 0.3) is 0 Å². The van der Waals surface area contributed by atoms with Gasteiger partial charge in [0, 0.05) is 32.7 Å². The first-order valence-electron chi connectivity index (χ1n) is 6.03. The van der Waals surface area contributed by atoms with Gasteiger partial charge in [0.2, 0.25) is 5.91 Å². The van der Waals surface area contributed by atoms with Crippen LogP contribution in [0.4, 0.5) is 0 Å². The van der Waals surface area contributed by atoms with Crippen LogP contribution in [0.3, 0.4) is 0 Å². The van der Waals surface area contributed by atoms with E-state index in [9.17, 15) is 4.79 Å². The molecule has 0 aromatic carbocycles. The molecule has 2 aliphatic heterocycles. The lowest BCUT2D eigenvalue weighted by molar-refractivity contribution is -0.136. The second-order valence-corrected chi connectivity index (χ2v) is 4.45. The van der Waals surface area contributed by atoms with E-state index in [0.717, 1.165) is 52.2 Å². The van der Waals surface area contributed by atoms with Crippen LogP contribution < -0.4 is 5.32 Å². The lowest BCUT2D eigenvalue weighted by Gasteiger charge is -2.35. The zero-order chi connectivity index (χ0) is 10.7. The number of amides is 1. The Morgan fingerprint density at radius 2 is 1.88 bits per heavy atom. The molecule has 1 unspecified atom stereocenters. The summed E-state index contributed by atoms with van der Waals surface area (Å²) in [6.45, 7) is 9.10. The topological polar surface area (TPSA) is 35.6 Å². The Kier molecular flexibility index (Phi) is 8.12. The van der Waals surface area contributed by atoms with Gasteiger partial charge < -0.3 is 15.1 Å². The number of halogens is 2. The van der Waals surface area contributed by atoms with Gasteiger partial charge in [-0.05, 0) is 19.5 Å². The van der Waals surface area contributed by atoms with E-state index in [-0.39, 0.29) is 30.7 Å². The van der Waals surface area contributed by atoms with Crippen LogP contribution in [0, 0.1) is 5.92 Å². The van der Waals surface area contributed by atoms with E-state index < -0.39 is 0 Å². The predicted molar refractivity (Wildman–Crippen MR) is 74.2 cm³/mol. The number of hydrogen-bond donors (Lipinski definition) is 1. The molecule has 0 aromatic heterocycles. The maximum atomic E-state index is 12.1. The smallest absolute Gasteiger partial charge is 0.227 e. The van der Waals surface area contributed by atoms with Gasteiger partial charge >= 0.3 is 0 Å². The summed E-state index contributed by atoms with van der Waals surface area (Å²) in [5.74, 6) is 0.619. The van der Waals surface area contributed by atoms with Crippen LogP contribution in [-0.4, -0.2) is 61.5 Å². The zero-order valence-corrected chi connectivity index (χ0v) is 12.0. The predicted octanol–water partition coefficient (Wildman–Crippen LogP) is 0.604. The van der Waals surface area contributed by atoms with Crippen LogP contribution in [0.25, 0.3) is 0 Å². The second kappa shape index (κ2) is 8.14. The fourth-order valence-electron chi connectivity index (χ4n) is 2.41. The number of carbonyl (C=O) groups is 1. The molecular formula is C11H23Cl2N3O. The Morgan fingerprint density at radius 3 is 2.35 bits per heavy atom. The summed E-state index contributed by atoms with van der Waals surface area (Å²) in [5.41, 5.74) is 0. The largest absolute Gasteiger partial charge is 0.340 e. The maximum absolute atomic E-state index is 12.1. The SMILES string of the molecule is CCN1CCN(C(=O)C2CCNC2)CC1.Cl.Cl. The molecule has 6 heteroatoms. The van der Waals surface area contributed by atoms with Gasteiger partial charge in [-0.3, -0.25) is 4.79 Å². The van der Waals surface area contributed by atoms with Gasteiger partial charge in [0.15, 0.2) is 0 Å². The summed E-state index contributed by atoms with van der Waals surface area (Å²) >= 11 is 0. The van der Waals surface area contributed by atoms with Crippen molar-refractivity contribution >= 4 is 30.7 Å². The number of carbonyl (C=O) groups excluding carboxylic acids is 1. The Bertz CT molecular complexity index is 227. The molecule has 0 aliphatic carbocycles. The van der Waals surface area contributed by atoms with Crippen molar-refractivity contribution in [1.29, 1.82) is 0 Å². The van der Waals surface area contributed by atoms with Crippen molar-refractivity contribution < 1.29 is 4.79 Å². The lowest BCUT2D eigenvalue weighted by Crippen LogP contribution is -2.50. The van der Waals surface area contributed by atoms with Crippen LogP contribution >= 0.6 is 24.8 Å². The van der Waals surface area contributed by atoms with Crippen molar-refractivity contribution in [2.75, 3.05) is 45.8 Å². The van der Waals surface area contributed by atoms with Gasteiger partial charge in [-0.1, -0.05) is 6.92 Å². The molecule has 0 aromatic rings. The van der Waals surface area contributed by atoms with Gasteiger partial charge in [0.05, 0.1) is 5.92 Å². The molecule has 1 amide bonds. The van der Waals surface area contributed by atoms with Gasteiger partial charge in [-0.25, -0.2) is 0 Å². The summed E-state index contributed by atoms with van der Waals surface area (Å²) in [7, 11) is 0. The molecule has 0 saturated carbocycles. The average molecular weight is 284 g/mol. The number of likely N-dealkylation sites (N-methyl/N-ethyl adjacent to an activating group) is 1. The first-order valence-corrected chi connectivity index (χ1v) is 6.03. The fourth-order valence-corrected chi connectivity index (χ4v) is 2.41. The molecular weight excluding hydrogens is 261 g/mol. The highest BCUT2D eigenvalue weighted by atomic mass is 35.5. The number of nitrogens with one attached hydrogen (secondary N) is 1. The molecule has 2 rings (SSSR count). The molecule has 102 valence electrons. The maximum Gasteiger partial charge on any atom is 0.227 e. The molecule has 1 atom stereocenters. The highest BCUT2D eigenvalue weighted by Gasteiger charge is 2.28. The van der Waals surface area contributed by atoms with Gasteiger partial charge in [-0.2, -0.15) is 0 Å². The summed E-state index contributed by atoms with van der Waals surface area (Å²) in [6, 6.07) is 0. The van der Waals surface area contributed by atoms with Crippen molar-refractivity contribution in [1.82, 2.24) is 15.1 Å². The van der Waals surface area contributed by atoms with Gasteiger partial charge in [0.1, 0.15) is 0 Å². The number of nitrogens with zero attached hydrogens (tertiary/aromatic N) is 2. The minimum absolute atomic E-state index is 0. The van der Waals surface area contributed by atoms with Crippen molar-refractivity contribution in [3.8, 4) is 0 Å². The molecule has 0 bridgehead atoms. The fraction of sp³-hybridized carbons (Fsp3) is 0.909. The molecule has 4 nitrogen and oxygen atoms in total. The van der Waals surface area contributed by atoms with Crippen molar-refractivity contribution in [3.05, 3.63) is 0 Å². The van der Waals surface area contributed by atoms with Crippen molar-refractivity contribution in [3.63, 3.8) is 0 Å². The molecule has 2 fully saturated rings. The third-order valence-electron chi connectivity index (χ3n) is 3.54. The van der Waals surface area contributed by atoms with E-state index in [1.54, 1.807) is 0 Å². The van der Waals surface area contributed by atoms with Crippen LogP contribution in [-0.2, 0) is 4.79 Å². The van der Waals surface area contributed by atoms with E-state index in [1.165, 1.54) is 0 Å². The number of rotatable bonds is 2. The monoisotopic (exact) mass is 283 g/mol. The first kappa shape index (κ1) is 17.0. The van der Waals surface area contributed by atoms with Gasteiger partial charge in [-0.15, -0.1) is 24.8 Å². The molecule has 2 aliphatic rings. The minimum Gasteiger partial charge on any atom is -0.340 e. The number of hydrogen-bond acceptors (Lipinski definition) is 3. The Morgan fingerprint density at radius 1 is 1.24 bits per heavy atom. The van der Waals surface area contributed by atoms with E-state index in [2.05, 4.69) is 17.1 Å². The standard InChI is InChI=1S/C11H21N3O.2ClH/c1-2-13-5-7-14(8-6-13)11(15)10-3-4-12-9-10;;/h10,12H,2-9H2,1H3;2*1H. The normalized spacial score (nSPS) is 25.0. The van der Waals surface area contributed by atoms with E-state index in [4.69, 9.17) is 0 Å². The summed E-state index contributed by atoms with van der Waals surface area (Å²) in [4.78, 5) is 16.5. The zero-order valence-electron chi connectivity index (χ0n) is 10.4. The molecule has 17 heavy (non-hydrogen) atoms. The van der Waals surface area contributed by atoms with E-state index in [0.29, 0.717) is 5.91 Å². The quantitative estimate of drug-likeness (QED) is 0.807. The third-order valence-corrected chi connectivity index (χ3v) is 3.54. The molecule has 1 N–H and O–H groups in total. The Balaban J connectivity index is 0.00000128. The van der Waals surface area contributed by atoms with Crippen LogP contribution in [0.2, 0.25) is 0 Å². The van der Waals surface area contributed by atoms with Crippen LogP contribution in [0.1, 0.15) is 13.3 Å².